The minimum absolute atomic E-state index is 0.138. The van der Waals surface area contributed by atoms with Crippen molar-refractivity contribution in [1.82, 2.24) is 5.32 Å². The Morgan fingerprint density at radius 2 is 1.85 bits per heavy atom. The Morgan fingerprint density at radius 1 is 1.10 bits per heavy atom. The molecule has 0 atom stereocenters. The van der Waals surface area contributed by atoms with Gasteiger partial charge in [0.05, 0.1) is 0 Å². The van der Waals surface area contributed by atoms with Crippen molar-refractivity contribution in [3.8, 4) is 0 Å². The largest absolute Gasteiger partial charge is 0.461 e. The summed E-state index contributed by atoms with van der Waals surface area (Å²) in [6.07, 6.45) is 3.27. The second-order valence-electron chi connectivity index (χ2n) is 6.13. The van der Waals surface area contributed by atoms with E-state index in [9.17, 15) is 0 Å². The number of benzene rings is 1. The van der Waals surface area contributed by atoms with Gasteiger partial charge in [0.1, 0.15) is 11.3 Å². The molecule has 2 rings (SSSR count). The zero-order chi connectivity index (χ0) is 14.6. The Kier molecular flexibility index (Phi) is 4.87. The van der Waals surface area contributed by atoms with E-state index in [1.54, 1.807) is 0 Å². The van der Waals surface area contributed by atoms with Gasteiger partial charge in [0.2, 0.25) is 0 Å². The van der Waals surface area contributed by atoms with Crippen LogP contribution in [0.1, 0.15) is 51.9 Å². The summed E-state index contributed by atoms with van der Waals surface area (Å²) in [7, 11) is 0. The highest BCUT2D eigenvalue weighted by atomic mass is 16.3. The van der Waals surface area contributed by atoms with Crippen molar-refractivity contribution in [3.05, 3.63) is 35.6 Å². The van der Waals surface area contributed by atoms with Gasteiger partial charge >= 0.3 is 0 Å². The van der Waals surface area contributed by atoms with Crippen LogP contribution in [-0.2, 0) is 11.8 Å². The highest BCUT2D eigenvalue weighted by Crippen LogP contribution is 2.37. The Balaban J connectivity index is 2.29. The number of rotatable bonds is 7. The molecule has 110 valence electrons. The summed E-state index contributed by atoms with van der Waals surface area (Å²) in [5.41, 5.74) is 2.56. The van der Waals surface area contributed by atoms with Crippen molar-refractivity contribution in [3.63, 3.8) is 0 Å². The molecule has 0 unspecified atom stereocenters. The molecule has 1 heterocycles. The Morgan fingerprint density at radius 3 is 2.55 bits per heavy atom. The first-order valence-corrected chi connectivity index (χ1v) is 7.81. The van der Waals surface area contributed by atoms with Crippen LogP contribution in [0.4, 0.5) is 0 Å². The van der Waals surface area contributed by atoms with Crippen LogP contribution in [0.2, 0.25) is 0 Å². The predicted molar refractivity (Wildman–Crippen MR) is 86.4 cm³/mol. The van der Waals surface area contributed by atoms with Crippen molar-refractivity contribution in [2.45, 2.75) is 52.4 Å². The first kappa shape index (κ1) is 15.1. The molecule has 0 saturated carbocycles. The van der Waals surface area contributed by atoms with Crippen LogP contribution in [-0.4, -0.2) is 13.1 Å². The van der Waals surface area contributed by atoms with Gasteiger partial charge in [0, 0.05) is 17.4 Å². The molecule has 2 nitrogen and oxygen atoms in total. The number of furan rings is 1. The van der Waals surface area contributed by atoms with E-state index < -0.39 is 0 Å². The lowest BCUT2D eigenvalue weighted by Crippen LogP contribution is -2.26. The van der Waals surface area contributed by atoms with Crippen LogP contribution in [0.3, 0.4) is 0 Å². The topological polar surface area (TPSA) is 25.2 Å². The summed E-state index contributed by atoms with van der Waals surface area (Å²) >= 11 is 0. The molecule has 0 radical (unpaired) electrons. The first-order chi connectivity index (χ1) is 9.60. The molecule has 0 aliphatic rings. The highest BCUT2D eigenvalue weighted by molar-refractivity contribution is 5.83. The molecule has 0 amide bonds. The molecule has 0 saturated heterocycles. The number of hydrogen-bond acceptors (Lipinski definition) is 2. The molecular formula is C18H27NO. The van der Waals surface area contributed by atoms with Gasteiger partial charge in [0.25, 0.3) is 0 Å². The van der Waals surface area contributed by atoms with E-state index >= 15 is 0 Å². The lowest BCUT2D eigenvalue weighted by Gasteiger charge is -2.25. The number of hydrogen-bond donors (Lipinski definition) is 1. The van der Waals surface area contributed by atoms with Crippen molar-refractivity contribution in [2.75, 3.05) is 13.1 Å². The molecule has 1 aromatic heterocycles. The minimum atomic E-state index is 0.138. The van der Waals surface area contributed by atoms with Crippen molar-refractivity contribution in [2.24, 2.45) is 0 Å². The van der Waals surface area contributed by atoms with Crippen molar-refractivity contribution < 1.29 is 4.42 Å². The lowest BCUT2D eigenvalue weighted by atomic mass is 9.79. The average molecular weight is 273 g/mol. The van der Waals surface area contributed by atoms with Crippen LogP contribution < -0.4 is 5.32 Å². The highest BCUT2D eigenvalue weighted by Gasteiger charge is 2.28. The fraction of sp³-hybridized carbons (Fsp3) is 0.556. The van der Waals surface area contributed by atoms with E-state index in [0.29, 0.717) is 0 Å². The normalized spacial score (nSPS) is 12.2. The third kappa shape index (κ3) is 3.06. The van der Waals surface area contributed by atoms with Crippen LogP contribution in [0, 0.1) is 0 Å². The van der Waals surface area contributed by atoms with Gasteiger partial charge in [0.15, 0.2) is 0 Å². The first-order valence-electron chi connectivity index (χ1n) is 7.81. The third-order valence-corrected chi connectivity index (χ3v) is 4.02. The molecule has 0 aliphatic carbocycles. The molecule has 0 fully saturated rings. The van der Waals surface area contributed by atoms with Gasteiger partial charge < -0.3 is 9.73 Å². The molecule has 1 aromatic carbocycles. The maximum atomic E-state index is 6.04. The fourth-order valence-electron chi connectivity index (χ4n) is 2.91. The smallest absolute Gasteiger partial charge is 0.134 e. The lowest BCUT2D eigenvalue weighted by molar-refractivity contribution is 0.441. The second-order valence-corrected chi connectivity index (χ2v) is 6.13. The predicted octanol–water partition coefficient (Wildman–Crippen LogP) is 4.66. The average Bonchev–Trinajstić information content (AvgIpc) is 2.83. The van der Waals surface area contributed by atoms with Gasteiger partial charge in [-0.2, -0.15) is 0 Å². The maximum absolute atomic E-state index is 6.04. The summed E-state index contributed by atoms with van der Waals surface area (Å²) < 4.78 is 6.04. The summed E-state index contributed by atoms with van der Waals surface area (Å²) in [4.78, 5) is 0. The molecular weight excluding hydrogens is 246 g/mol. The summed E-state index contributed by atoms with van der Waals surface area (Å²) in [6.45, 7) is 11.2. The summed E-state index contributed by atoms with van der Waals surface area (Å²) in [5, 5.41) is 4.79. The summed E-state index contributed by atoms with van der Waals surface area (Å²) in [6, 6.07) is 8.41. The summed E-state index contributed by atoms with van der Waals surface area (Å²) in [5.74, 6) is 1.15. The monoisotopic (exact) mass is 273 g/mol. The Bertz CT molecular complexity index is 554. The molecule has 1 N–H and O–H groups in total. The van der Waals surface area contributed by atoms with Gasteiger partial charge in [-0.25, -0.2) is 0 Å². The van der Waals surface area contributed by atoms with E-state index in [1.165, 1.54) is 17.4 Å². The van der Waals surface area contributed by atoms with Gasteiger partial charge in [-0.05, 0) is 37.4 Å². The Labute approximate surface area is 122 Å². The second kappa shape index (κ2) is 6.45. The van der Waals surface area contributed by atoms with Gasteiger partial charge in [-0.3, -0.25) is 0 Å². The number of aryl methyl sites for hydroxylation is 1. The van der Waals surface area contributed by atoms with Crippen LogP contribution in [0.15, 0.2) is 28.7 Å². The number of nitrogens with one attached hydrogen (secondary N) is 1. The molecule has 0 aliphatic heterocycles. The molecule has 0 bridgehead atoms. The van der Waals surface area contributed by atoms with E-state index in [4.69, 9.17) is 4.42 Å². The number of fused-ring (bicyclic) bond motifs is 1. The van der Waals surface area contributed by atoms with E-state index in [1.807, 2.05) is 6.07 Å². The van der Waals surface area contributed by atoms with Gasteiger partial charge in [-0.1, -0.05) is 45.9 Å². The molecule has 2 aromatic rings. The molecule has 20 heavy (non-hydrogen) atoms. The zero-order valence-electron chi connectivity index (χ0n) is 13.3. The van der Waals surface area contributed by atoms with Gasteiger partial charge in [-0.15, -0.1) is 0 Å². The van der Waals surface area contributed by atoms with Crippen LogP contribution in [0.25, 0.3) is 11.0 Å². The van der Waals surface area contributed by atoms with Crippen LogP contribution >= 0.6 is 0 Å². The van der Waals surface area contributed by atoms with Crippen molar-refractivity contribution in [1.29, 1.82) is 0 Å². The van der Waals surface area contributed by atoms with E-state index in [0.717, 1.165) is 37.3 Å². The van der Waals surface area contributed by atoms with E-state index in [2.05, 4.69) is 51.2 Å². The number of para-hydroxylation sites is 1. The standard InChI is InChI=1S/C18H27NO/c1-5-12-19-13-11-18(3,4)17-14-9-7-8-10-16(14)20-15(17)6-2/h7-10,19H,5-6,11-13H2,1-4H3. The van der Waals surface area contributed by atoms with Crippen LogP contribution in [0.5, 0.6) is 0 Å². The maximum Gasteiger partial charge on any atom is 0.134 e. The molecule has 0 spiro atoms. The Hall–Kier alpha value is -1.28. The minimum Gasteiger partial charge on any atom is -0.461 e. The quantitative estimate of drug-likeness (QED) is 0.742. The van der Waals surface area contributed by atoms with E-state index in [-0.39, 0.29) is 5.41 Å². The fourth-order valence-corrected chi connectivity index (χ4v) is 2.91. The SMILES string of the molecule is CCCNCCC(C)(C)c1c(CC)oc2ccccc12. The zero-order valence-corrected chi connectivity index (χ0v) is 13.3. The third-order valence-electron chi connectivity index (χ3n) is 4.02. The van der Waals surface area contributed by atoms with Crippen molar-refractivity contribution >= 4 is 11.0 Å². The molecule has 2 heteroatoms.